The highest BCUT2D eigenvalue weighted by atomic mass is 19.2. The highest BCUT2D eigenvalue weighted by molar-refractivity contribution is 5.90. The Bertz CT molecular complexity index is 1240. The van der Waals surface area contributed by atoms with Gasteiger partial charge in [-0.1, -0.05) is 24.3 Å². The van der Waals surface area contributed by atoms with E-state index in [1.54, 1.807) is 4.57 Å². The minimum atomic E-state index is -1.61. The smallest absolute Gasteiger partial charge is 0.244 e. The normalized spacial score (nSPS) is 13.5. The van der Waals surface area contributed by atoms with Gasteiger partial charge in [-0.3, -0.25) is 14.5 Å². The zero-order chi connectivity index (χ0) is 23.5. The molecule has 33 heavy (non-hydrogen) atoms. The molecule has 0 saturated carbocycles. The van der Waals surface area contributed by atoms with Gasteiger partial charge in [0, 0.05) is 49.2 Å². The van der Waals surface area contributed by atoms with Crippen molar-refractivity contribution >= 4 is 11.6 Å². The van der Waals surface area contributed by atoms with Crippen molar-refractivity contribution in [1.29, 1.82) is 0 Å². The Labute approximate surface area is 188 Å². The molecule has 1 aromatic heterocycles. The molecule has 6 nitrogen and oxygen atoms in total. The maximum Gasteiger partial charge on any atom is 0.244 e. The van der Waals surface area contributed by atoms with Crippen molar-refractivity contribution in [2.24, 2.45) is 0 Å². The first kappa shape index (κ1) is 22.6. The number of nitrogens with one attached hydrogen (secondary N) is 1. The number of aromatic nitrogens is 1. The van der Waals surface area contributed by atoms with E-state index in [4.69, 9.17) is 4.74 Å². The molecule has 172 valence electrons. The minimum Gasteiger partial charge on any atom is -0.491 e. The van der Waals surface area contributed by atoms with Crippen LogP contribution in [0.15, 0.2) is 53.5 Å². The Hall–Kier alpha value is -3.59. The van der Waals surface area contributed by atoms with Crippen LogP contribution in [0.3, 0.4) is 0 Å². The summed E-state index contributed by atoms with van der Waals surface area (Å²) in [4.78, 5) is 27.1. The Kier molecular flexibility index (Phi) is 6.50. The summed E-state index contributed by atoms with van der Waals surface area (Å²) >= 11 is 0. The third-order valence-electron chi connectivity index (χ3n) is 5.58. The van der Waals surface area contributed by atoms with Crippen LogP contribution in [-0.4, -0.2) is 29.0 Å². The van der Waals surface area contributed by atoms with Gasteiger partial charge in [0.15, 0.2) is 23.2 Å². The average Bonchev–Trinajstić information content (AvgIpc) is 2.79. The number of halogens is 3. The number of anilines is 1. The zero-order valence-electron chi connectivity index (χ0n) is 17.9. The lowest BCUT2D eigenvalue weighted by atomic mass is 10.00. The number of carbonyl (C=O) groups is 1. The SMILES string of the molecule is COc1cn(CC(=O)Nc2cc(F)c(F)c(F)c2)c(CN2CCc3ccccc3C2)cc1=O. The lowest BCUT2D eigenvalue weighted by molar-refractivity contribution is -0.116. The largest absolute Gasteiger partial charge is 0.491 e. The number of benzene rings is 2. The van der Waals surface area contributed by atoms with Crippen LogP contribution in [0.2, 0.25) is 0 Å². The van der Waals surface area contributed by atoms with Crippen LogP contribution in [-0.2, 0) is 30.8 Å². The van der Waals surface area contributed by atoms with Crippen LogP contribution in [0.5, 0.6) is 5.75 Å². The summed E-state index contributed by atoms with van der Waals surface area (Å²) in [6.45, 7) is 1.67. The molecular weight excluding hydrogens is 435 g/mol. The van der Waals surface area contributed by atoms with Crippen LogP contribution < -0.4 is 15.5 Å². The number of rotatable bonds is 6. The number of hydrogen-bond acceptors (Lipinski definition) is 4. The molecule has 2 aromatic carbocycles. The third kappa shape index (κ3) is 5.09. The van der Waals surface area contributed by atoms with Crippen LogP contribution in [0, 0.1) is 17.5 Å². The molecule has 0 unspecified atom stereocenters. The van der Waals surface area contributed by atoms with E-state index in [9.17, 15) is 22.8 Å². The van der Waals surface area contributed by atoms with E-state index in [2.05, 4.69) is 22.3 Å². The van der Waals surface area contributed by atoms with Gasteiger partial charge in [0.25, 0.3) is 0 Å². The Morgan fingerprint density at radius 1 is 1.09 bits per heavy atom. The molecule has 0 bridgehead atoms. The van der Waals surface area contributed by atoms with Gasteiger partial charge in [-0.15, -0.1) is 0 Å². The highest BCUT2D eigenvalue weighted by Gasteiger charge is 2.19. The first-order valence-corrected chi connectivity index (χ1v) is 10.3. The summed E-state index contributed by atoms with van der Waals surface area (Å²) in [5.74, 6) is -4.95. The second-order valence-electron chi connectivity index (χ2n) is 7.86. The maximum absolute atomic E-state index is 13.5. The van der Waals surface area contributed by atoms with Gasteiger partial charge in [0.05, 0.1) is 13.3 Å². The first-order chi connectivity index (χ1) is 15.8. The second-order valence-corrected chi connectivity index (χ2v) is 7.86. The van der Waals surface area contributed by atoms with Crippen LogP contribution in [0.1, 0.15) is 16.8 Å². The van der Waals surface area contributed by atoms with E-state index in [1.165, 1.54) is 30.5 Å². The predicted molar refractivity (Wildman–Crippen MR) is 116 cm³/mol. The lowest BCUT2D eigenvalue weighted by Gasteiger charge is -2.29. The number of ether oxygens (including phenoxy) is 1. The molecule has 1 aliphatic rings. The van der Waals surface area contributed by atoms with E-state index in [-0.39, 0.29) is 23.4 Å². The topological polar surface area (TPSA) is 63.6 Å². The fraction of sp³-hybridized carbons (Fsp3) is 0.250. The van der Waals surface area contributed by atoms with Crippen molar-refractivity contribution in [1.82, 2.24) is 9.47 Å². The van der Waals surface area contributed by atoms with Crippen molar-refractivity contribution in [2.75, 3.05) is 19.0 Å². The molecule has 0 aliphatic carbocycles. The highest BCUT2D eigenvalue weighted by Crippen LogP contribution is 2.21. The Morgan fingerprint density at radius 2 is 1.79 bits per heavy atom. The molecule has 9 heteroatoms. The molecule has 1 N–H and O–H groups in total. The van der Waals surface area contributed by atoms with E-state index < -0.39 is 23.4 Å². The van der Waals surface area contributed by atoms with Gasteiger partial charge in [-0.05, 0) is 17.5 Å². The van der Waals surface area contributed by atoms with Crippen LogP contribution in [0.4, 0.5) is 18.9 Å². The number of hydrogen-bond donors (Lipinski definition) is 1. The second kappa shape index (κ2) is 9.50. The first-order valence-electron chi connectivity index (χ1n) is 10.3. The van der Waals surface area contributed by atoms with Crippen molar-refractivity contribution in [2.45, 2.75) is 26.1 Å². The number of pyridine rings is 1. The fourth-order valence-corrected chi connectivity index (χ4v) is 3.93. The number of nitrogens with zero attached hydrogens (tertiary/aromatic N) is 2. The molecule has 4 rings (SSSR count). The molecular formula is C24H22F3N3O3. The number of carbonyl (C=O) groups excluding carboxylic acids is 1. The zero-order valence-corrected chi connectivity index (χ0v) is 17.9. The van der Waals surface area contributed by atoms with Gasteiger partial charge in [-0.2, -0.15) is 0 Å². The van der Waals surface area contributed by atoms with Gasteiger partial charge >= 0.3 is 0 Å². The molecule has 1 aliphatic heterocycles. The van der Waals surface area contributed by atoms with Crippen molar-refractivity contribution < 1.29 is 22.7 Å². The van der Waals surface area contributed by atoms with Gasteiger partial charge in [0.1, 0.15) is 6.54 Å². The predicted octanol–water partition coefficient (Wildman–Crippen LogP) is 3.47. The maximum atomic E-state index is 13.5. The molecule has 2 heterocycles. The van der Waals surface area contributed by atoms with Crippen LogP contribution in [0.25, 0.3) is 0 Å². The lowest BCUT2D eigenvalue weighted by Crippen LogP contribution is -2.32. The Morgan fingerprint density at radius 3 is 2.48 bits per heavy atom. The summed E-state index contributed by atoms with van der Waals surface area (Å²) in [5.41, 5.74) is 2.57. The third-order valence-corrected chi connectivity index (χ3v) is 5.58. The molecule has 0 fully saturated rings. The molecule has 0 atom stereocenters. The van der Waals surface area contributed by atoms with Gasteiger partial charge in [0.2, 0.25) is 11.3 Å². The van der Waals surface area contributed by atoms with Crippen molar-refractivity contribution in [3.63, 3.8) is 0 Å². The molecule has 3 aromatic rings. The van der Waals surface area contributed by atoms with E-state index in [1.807, 2.05) is 12.1 Å². The Balaban J connectivity index is 1.55. The minimum absolute atomic E-state index is 0.0643. The number of amides is 1. The van der Waals surface area contributed by atoms with Crippen molar-refractivity contribution in [3.05, 3.63) is 93.2 Å². The van der Waals surface area contributed by atoms with Gasteiger partial charge < -0.3 is 14.6 Å². The summed E-state index contributed by atoms with van der Waals surface area (Å²) in [6.07, 6.45) is 2.31. The summed E-state index contributed by atoms with van der Waals surface area (Å²) in [5, 5.41) is 2.36. The summed E-state index contributed by atoms with van der Waals surface area (Å²) in [7, 11) is 1.35. The standard InChI is InChI=1S/C24H22F3N3O3/c1-33-22-13-30(14-23(32)28-17-8-19(25)24(27)20(26)9-17)18(10-21(22)31)12-29-7-6-15-4-2-3-5-16(15)11-29/h2-5,8-10,13H,6-7,11-12,14H2,1H3,(H,28,32). The number of methoxy groups -OCH3 is 1. The monoisotopic (exact) mass is 457 g/mol. The van der Waals surface area contributed by atoms with E-state index in [0.717, 1.165) is 13.0 Å². The molecule has 1 amide bonds. The quantitative estimate of drug-likeness (QED) is 0.576. The van der Waals surface area contributed by atoms with E-state index in [0.29, 0.717) is 30.9 Å². The average molecular weight is 457 g/mol. The van der Waals surface area contributed by atoms with Crippen molar-refractivity contribution in [3.8, 4) is 5.75 Å². The van der Waals surface area contributed by atoms with Crippen LogP contribution >= 0.6 is 0 Å². The fourth-order valence-electron chi connectivity index (χ4n) is 3.93. The molecule has 0 radical (unpaired) electrons. The molecule has 0 spiro atoms. The molecule has 0 saturated heterocycles. The summed E-state index contributed by atoms with van der Waals surface area (Å²) < 4.78 is 46.8. The van der Waals surface area contributed by atoms with E-state index >= 15 is 0 Å². The number of fused-ring (bicyclic) bond motifs is 1. The summed E-state index contributed by atoms with van der Waals surface area (Å²) in [6, 6.07) is 11.0. The van der Waals surface area contributed by atoms with Gasteiger partial charge in [-0.25, -0.2) is 13.2 Å².